The van der Waals surface area contributed by atoms with Crippen molar-refractivity contribution in [2.24, 2.45) is 0 Å². The van der Waals surface area contributed by atoms with E-state index in [4.69, 9.17) is 11.6 Å². The van der Waals surface area contributed by atoms with E-state index in [2.05, 4.69) is 10.4 Å². The number of aryl methyl sites for hydroxylation is 1. The summed E-state index contributed by atoms with van der Waals surface area (Å²) < 4.78 is 1.21. The molecule has 164 valence electrons. The Kier molecular flexibility index (Phi) is 6.23. The number of hydrogen-bond donors (Lipinski definition) is 1. The topological polar surface area (TPSA) is 87.5 Å². The van der Waals surface area contributed by atoms with Gasteiger partial charge in [0.05, 0.1) is 5.69 Å². The summed E-state index contributed by atoms with van der Waals surface area (Å²) in [4.78, 5) is 41.0. The number of halogens is 1. The lowest BCUT2D eigenvalue weighted by atomic mass is 10.2. The van der Waals surface area contributed by atoms with Crippen molar-refractivity contribution >= 4 is 29.2 Å². The van der Waals surface area contributed by atoms with Crippen LogP contribution in [0.25, 0.3) is 5.69 Å². The Morgan fingerprint density at radius 1 is 0.938 bits per heavy atom. The third-order valence-corrected chi connectivity index (χ3v) is 5.70. The molecular formula is C23H22ClN5O3. The van der Waals surface area contributed by atoms with Crippen molar-refractivity contribution in [3.05, 3.63) is 87.3 Å². The Labute approximate surface area is 190 Å². The molecule has 3 aromatic rings. The summed E-state index contributed by atoms with van der Waals surface area (Å²) in [6.07, 6.45) is 0. The number of hydrogen-bond acceptors (Lipinski definition) is 4. The molecule has 1 fully saturated rings. The fraction of sp³-hybridized carbons (Fsp3) is 0.217. The number of anilines is 1. The lowest BCUT2D eigenvalue weighted by molar-refractivity contribution is 0.0664. The molecule has 1 aromatic heterocycles. The summed E-state index contributed by atoms with van der Waals surface area (Å²) in [5.74, 6) is -0.278. The smallest absolute Gasteiger partial charge is 0.321 e. The minimum Gasteiger partial charge on any atom is -0.334 e. The zero-order valence-corrected chi connectivity index (χ0v) is 18.2. The van der Waals surface area contributed by atoms with Gasteiger partial charge < -0.3 is 15.1 Å². The SMILES string of the molecule is Cc1ccc(NC(=O)N2CCN(C(=O)c3ccc(=O)n(-c4ccccc4)n3)CC2)cc1Cl. The highest BCUT2D eigenvalue weighted by Gasteiger charge is 2.26. The summed E-state index contributed by atoms with van der Waals surface area (Å²) in [7, 11) is 0. The van der Waals surface area contributed by atoms with Crippen LogP contribution in [0.1, 0.15) is 16.1 Å². The molecule has 0 atom stereocenters. The van der Waals surface area contributed by atoms with E-state index in [1.54, 1.807) is 46.2 Å². The maximum atomic E-state index is 12.9. The van der Waals surface area contributed by atoms with E-state index in [1.807, 2.05) is 19.1 Å². The highest BCUT2D eigenvalue weighted by molar-refractivity contribution is 6.31. The van der Waals surface area contributed by atoms with Crippen LogP contribution in [-0.2, 0) is 0 Å². The second kappa shape index (κ2) is 9.23. The molecule has 32 heavy (non-hydrogen) atoms. The van der Waals surface area contributed by atoms with Crippen molar-refractivity contribution in [3.8, 4) is 5.69 Å². The normalized spacial score (nSPS) is 13.7. The molecule has 3 amide bonds. The van der Waals surface area contributed by atoms with E-state index in [-0.39, 0.29) is 23.2 Å². The quantitative estimate of drug-likeness (QED) is 0.662. The van der Waals surface area contributed by atoms with Crippen molar-refractivity contribution in [1.29, 1.82) is 0 Å². The first-order valence-corrected chi connectivity index (χ1v) is 10.6. The first-order valence-electron chi connectivity index (χ1n) is 10.2. The van der Waals surface area contributed by atoms with Gasteiger partial charge in [0, 0.05) is 43.0 Å². The van der Waals surface area contributed by atoms with E-state index in [9.17, 15) is 14.4 Å². The summed E-state index contributed by atoms with van der Waals surface area (Å²) in [5.41, 5.74) is 2.01. The largest absolute Gasteiger partial charge is 0.334 e. The van der Waals surface area contributed by atoms with E-state index < -0.39 is 0 Å². The van der Waals surface area contributed by atoms with Crippen LogP contribution in [0.4, 0.5) is 10.5 Å². The molecule has 4 rings (SSSR count). The Balaban J connectivity index is 1.40. The summed E-state index contributed by atoms with van der Waals surface area (Å²) in [6, 6.07) is 16.8. The predicted molar refractivity (Wildman–Crippen MR) is 123 cm³/mol. The van der Waals surface area contributed by atoms with Crippen LogP contribution < -0.4 is 10.9 Å². The monoisotopic (exact) mass is 451 g/mol. The average Bonchev–Trinajstić information content (AvgIpc) is 2.82. The fourth-order valence-electron chi connectivity index (χ4n) is 3.43. The van der Waals surface area contributed by atoms with E-state index in [0.29, 0.717) is 42.6 Å². The van der Waals surface area contributed by atoms with E-state index in [1.165, 1.54) is 16.8 Å². The minimum atomic E-state index is -0.314. The van der Waals surface area contributed by atoms with Crippen LogP contribution in [0, 0.1) is 6.92 Å². The van der Waals surface area contributed by atoms with Crippen LogP contribution >= 0.6 is 11.6 Å². The molecule has 1 saturated heterocycles. The van der Waals surface area contributed by atoms with Gasteiger partial charge in [-0.3, -0.25) is 9.59 Å². The van der Waals surface area contributed by atoms with Crippen LogP contribution in [-0.4, -0.2) is 57.7 Å². The van der Waals surface area contributed by atoms with Crippen molar-refractivity contribution in [3.63, 3.8) is 0 Å². The molecule has 8 nitrogen and oxygen atoms in total. The van der Waals surface area contributed by atoms with Gasteiger partial charge in [-0.15, -0.1) is 0 Å². The highest BCUT2D eigenvalue weighted by atomic mass is 35.5. The first-order chi connectivity index (χ1) is 15.4. The molecule has 1 aliphatic rings. The first kappa shape index (κ1) is 21.6. The molecule has 0 radical (unpaired) electrons. The second-order valence-corrected chi connectivity index (χ2v) is 7.88. The van der Waals surface area contributed by atoms with Crippen LogP contribution in [0.3, 0.4) is 0 Å². The average molecular weight is 452 g/mol. The second-order valence-electron chi connectivity index (χ2n) is 7.48. The number of urea groups is 1. The summed E-state index contributed by atoms with van der Waals surface area (Å²) in [5, 5.41) is 7.67. The number of para-hydroxylation sites is 1. The van der Waals surface area contributed by atoms with Gasteiger partial charge in [0.1, 0.15) is 5.69 Å². The number of nitrogens with one attached hydrogen (secondary N) is 1. The Morgan fingerprint density at radius 2 is 1.62 bits per heavy atom. The van der Waals surface area contributed by atoms with E-state index >= 15 is 0 Å². The number of piperazine rings is 1. The Hall–Kier alpha value is -3.65. The van der Waals surface area contributed by atoms with Gasteiger partial charge in [-0.25, -0.2) is 4.79 Å². The zero-order chi connectivity index (χ0) is 22.7. The minimum absolute atomic E-state index is 0.181. The van der Waals surface area contributed by atoms with Crippen molar-refractivity contribution in [2.75, 3.05) is 31.5 Å². The Bertz CT molecular complexity index is 1200. The number of nitrogens with zero attached hydrogens (tertiary/aromatic N) is 4. The summed E-state index contributed by atoms with van der Waals surface area (Å²) in [6.45, 7) is 3.40. The molecule has 0 bridgehead atoms. The molecule has 0 unspecified atom stereocenters. The van der Waals surface area contributed by atoms with Crippen molar-refractivity contribution < 1.29 is 9.59 Å². The van der Waals surface area contributed by atoms with Crippen LogP contribution in [0.2, 0.25) is 5.02 Å². The fourth-order valence-corrected chi connectivity index (χ4v) is 3.61. The maximum absolute atomic E-state index is 12.9. The molecule has 0 spiro atoms. The zero-order valence-electron chi connectivity index (χ0n) is 17.5. The van der Waals surface area contributed by atoms with Gasteiger partial charge in [0.15, 0.2) is 0 Å². The predicted octanol–water partition coefficient (Wildman–Crippen LogP) is 3.18. The number of amides is 3. The van der Waals surface area contributed by atoms with Crippen molar-refractivity contribution in [1.82, 2.24) is 19.6 Å². The third-order valence-electron chi connectivity index (χ3n) is 5.30. The molecule has 2 aromatic carbocycles. The standard InChI is InChI=1S/C23H22ClN5O3/c1-16-7-8-17(15-19(16)24)25-23(32)28-13-11-27(12-14-28)22(31)20-9-10-21(30)29(26-20)18-5-3-2-4-6-18/h2-10,15H,11-14H2,1H3,(H,25,32). The number of carbonyl (C=O) groups is 2. The van der Waals surface area contributed by atoms with Crippen LogP contribution in [0.5, 0.6) is 0 Å². The van der Waals surface area contributed by atoms with Gasteiger partial charge in [-0.05, 0) is 42.8 Å². The molecular weight excluding hydrogens is 430 g/mol. The van der Waals surface area contributed by atoms with Crippen LogP contribution in [0.15, 0.2) is 65.5 Å². The molecule has 2 heterocycles. The Morgan fingerprint density at radius 3 is 2.31 bits per heavy atom. The molecule has 0 saturated carbocycles. The number of benzene rings is 2. The van der Waals surface area contributed by atoms with Gasteiger partial charge in [-0.1, -0.05) is 35.9 Å². The molecule has 9 heteroatoms. The van der Waals surface area contributed by atoms with E-state index in [0.717, 1.165) is 5.56 Å². The van der Waals surface area contributed by atoms with Gasteiger partial charge in [0.25, 0.3) is 11.5 Å². The lowest BCUT2D eigenvalue weighted by Gasteiger charge is -2.34. The van der Waals surface area contributed by atoms with Gasteiger partial charge in [-0.2, -0.15) is 9.78 Å². The molecule has 0 aliphatic carbocycles. The van der Waals surface area contributed by atoms with Crippen molar-refractivity contribution in [2.45, 2.75) is 6.92 Å². The molecule has 1 aliphatic heterocycles. The number of carbonyl (C=O) groups excluding carboxylic acids is 2. The third kappa shape index (κ3) is 4.65. The number of rotatable bonds is 3. The number of aromatic nitrogens is 2. The van der Waals surface area contributed by atoms with Gasteiger partial charge in [0.2, 0.25) is 0 Å². The summed E-state index contributed by atoms with van der Waals surface area (Å²) >= 11 is 6.12. The lowest BCUT2D eigenvalue weighted by Crippen LogP contribution is -2.52. The van der Waals surface area contributed by atoms with Gasteiger partial charge >= 0.3 is 6.03 Å². The molecule has 1 N–H and O–H groups in total. The highest BCUT2D eigenvalue weighted by Crippen LogP contribution is 2.20. The maximum Gasteiger partial charge on any atom is 0.321 e.